The number of aryl methyl sites for hydroxylation is 1. The number of hydrogen-bond donors (Lipinski definition) is 2. The minimum atomic E-state index is -3.62. The van der Waals surface area contributed by atoms with Crippen LogP contribution in [0.5, 0.6) is 0 Å². The molecule has 1 aromatic rings. The number of nitrogens with one attached hydrogen (secondary N) is 2. The van der Waals surface area contributed by atoms with Crippen molar-refractivity contribution in [1.29, 1.82) is 0 Å². The molecule has 0 unspecified atom stereocenters. The molecule has 0 saturated carbocycles. The third-order valence-electron chi connectivity index (χ3n) is 4.04. The number of benzene rings is 1. The summed E-state index contributed by atoms with van der Waals surface area (Å²) in [7, 11) is -3.62. The lowest BCUT2D eigenvalue weighted by Gasteiger charge is -2.20. The van der Waals surface area contributed by atoms with E-state index in [1.807, 2.05) is 0 Å². The van der Waals surface area contributed by atoms with Crippen molar-refractivity contribution in [2.24, 2.45) is 0 Å². The number of carbonyl (C=O) groups excluding carboxylic acids is 2. The lowest BCUT2D eigenvalue weighted by atomic mass is 10.2. The Labute approximate surface area is 174 Å². The van der Waals surface area contributed by atoms with Crippen LogP contribution in [0.4, 0.5) is 10.5 Å². The number of ether oxygens (including phenoxy) is 1. The smallest absolute Gasteiger partial charge is 0.407 e. The summed E-state index contributed by atoms with van der Waals surface area (Å²) < 4.78 is 32.1. The van der Waals surface area contributed by atoms with Crippen LogP contribution in [0.25, 0.3) is 0 Å². The molecule has 0 heterocycles. The molecule has 0 aromatic heterocycles. The Hall–Kier alpha value is -2.13. The molecule has 8 nitrogen and oxygen atoms in total. The fourth-order valence-electron chi connectivity index (χ4n) is 2.64. The van der Waals surface area contributed by atoms with E-state index < -0.39 is 21.7 Å². The average Bonchev–Trinajstić information content (AvgIpc) is 2.59. The number of sulfonamides is 1. The second-order valence-electron chi connectivity index (χ2n) is 7.65. The number of amides is 2. The summed E-state index contributed by atoms with van der Waals surface area (Å²) in [5.41, 5.74) is 0.471. The Morgan fingerprint density at radius 3 is 2.31 bits per heavy atom. The van der Waals surface area contributed by atoms with E-state index in [9.17, 15) is 18.0 Å². The molecule has 0 saturated heterocycles. The van der Waals surface area contributed by atoms with Crippen LogP contribution in [0, 0.1) is 6.92 Å². The van der Waals surface area contributed by atoms with Gasteiger partial charge in [0.05, 0.1) is 4.90 Å². The molecule has 0 radical (unpaired) electrons. The molecular weight excluding hydrogens is 394 g/mol. The van der Waals surface area contributed by atoms with Crippen LogP contribution < -0.4 is 10.6 Å². The van der Waals surface area contributed by atoms with Crippen LogP contribution in [0.2, 0.25) is 0 Å². The molecular formula is C20H33N3O5S. The molecule has 0 spiro atoms. The summed E-state index contributed by atoms with van der Waals surface area (Å²) in [6.07, 6.45) is 0.0891. The second-order valence-corrected chi connectivity index (χ2v) is 9.56. The average molecular weight is 428 g/mol. The minimum absolute atomic E-state index is 0.182. The van der Waals surface area contributed by atoms with Crippen LogP contribution in [0.1, 0.15) is 53.0 Å². The molecule has 0 fully saturated rings. The van der Waals surface area contributed by atoms with Crippen molar-refractivity contribution >= 4 is 27.7 Å². The molecule has 9 heteroatoms. The number of carbonyl (C=O) groups is 2. The van der Waals surface area contributed by atoms with E-state index in [0.29, 0.717) is 37.3 Å². The summed E-state index contributed by atoms with van der Waals surface area (Å²) in [5.74, 6) is -0.258. The van der Waals surface area contributed by atoms with E-state index in [0.717, 1.165) is 0 Å². The minimum Gasteiger partial charge on any atom is -0.444 e. The third-order valence-corrected chi connectivity index (χ3v) is 6.24. The van der Waals surface area contributed by atoms with Gasteiger partial charge in [0.2, 0.25) is 15.9 Å². The highest BCUT2D eigenvalue weighted by molar-refractivity contribution is 7.89. The van der Waals surface area contributed by atoms with Crippen molar-refractivity contribution in [1.82, 2.24) is 9.62 Å². The molecule has 1 rings (SSSR count). The first-order chi connectivity index (χ1) is 13.4. The Morgan fingerprint density at radius 2 is 1.76 bits per heavy atom. The Balaban J connectivity index is 2.66. The maximum atomic E-state index is 12.8. The third kappa shape index (κ3) is 8.02. The number of nitrogens with zero attached hydrogens (tertiary/aromatic N) is 1. The fraction of sp³-hybridized carbons (Fsp3) is 0.600. The molecule has 2 N–H and O–H groups in total. The summed E-state index contributed by atoms with van der Waals surface area (Å²) in [5, 5.41) is 5.31. The largest absolute Gasteiger partial charge is 0.444 e. The Morgan fingerprint density at radius 1 is 1.14 bits per heavy atom. The highest BCUT2D eigenvalue weighted by Gasteiger charge is 2.24. The van der Waals surface area contributed by atoms with E-state index >= 15 is 0 Å². The van der Waals surface area contributed by atoms with Crippen molar-refractivity contribution < 1.29 is 22.7 Å². The van der Waals surface area contributed by atoms with E-state index in [1.165, 1.54) is 10.4 Å². The van der Waals surface area contributed by atoms with Gasteiger partial charge in [-0.1, -0.05) is 19.9 Å². The zero-order chi connectivity index (χ0) is 22.2. The number of alkyl carbamates (subject to hydrolysis) is 1. The van der Waals surface area contributed by atoms with Gasteiger partial charge in [-0.15, -0.1) is 0 Å². The highest BCUT2D eigenvalue weighted by Crippen LogP contribution is 2.23. The Kier molecular flexibility index (Phi) is 9.10. The zero-order valence-corrected chi connectivity index (χ0v) is 19.0. The van der Waals surface area contributed by atoms with Gasteiger partial charge >= 0.3 is 6.09 Å². The van der Waals surface area contributed by atoms with Gasteiger partial charge in [0.15, 0.2) is 0 Å². The van der Waals surface area contributed by atoms with E-state index in [2.05, 4.69) is 10.6 Å². The molecule has 0 bridgehead atoms. The van der Waals surface area contributed by atoms with E-state index in [-0.39, 0.29) is 17.2 Å². The van der Waals surface area contributed by atoms with Crippen LogP contribution in [-0.4, -0.2) is 50.0 Å². The van der Waals surface area contributed by atoms with Gasteiger partial charge in [0.25, 0.3) is 0 Å². The number of anilines is 1. The predicted molar refractivity (Wildman–Crippen MR) is 113 cm³/mol. The van der Waals surface area contributed by atoms with E-state index in [1.54, 1.807) is 53.7 Å². The topological polar surface area (TPSA) is 105 Å². The first-order valence-electron chi connectivity index (χ1n) is 9.78. The van der Waals surface area contributed by atoms with Gasteiger partial charge < -0.3 is 15.4 Å². The van der Waals surface area contributed by atoms with Crippen molar-refractivity contribution in [2.45, 2.75) is 64.9 Å². The lowest BCUT2D eigenvalue weighted by molar-refractivity contribution is -0.116. The first-order valence-corrected chi connectivity index (χ1v) is 11.2. The fourth-order valence-corrected chi connectivity index (χ4v) is 4.34. The normalized spacial score (nSPS) is 12.0. The SMILES string of the molecule is CCN(CC)S(=O)(=O)c1cc(NC(=O)CCCNC(=O)OC(C)(C)C)ccc1C. The molecule has 2 amide bonds. The molecule has 29 heavy (non-hydrogen) atoms. The quantitative estimate of drug-likeness (QED) is 0.589. The lowest BCUT2D eigenvalue weighted by Crippen LogP contribution is -2.33. The maximum absolute atomic E-state index is 12.8. The highest BCUT2D eigenvalue weighted by atomic mass is 32.2. The monoisotopic (exact) mass is 427 g/mol. The molecule has 0 aliphatic carbocycles. The summed E-state index contributed by atoms with van der Waals surface area (Å²) >= 11 is 0. The van der Waals surface area contributed by atoms with Crippen LogP contribution >= 0.6 is 0 Å². The van der Waals surface area contributed by atoms with Gasteiger partial charge in [-0.3, -0.25) is 4.79 Å². The number of rotatable bonds is 9. The molecule has 0 aliphatic heterocycles. The summed E-state index contributed by atoms with van der Waals surface area (Å²) in [6, 6.07) is 4.84. The number of hydrogen-bond acceptors (Lipinski definition) is 5. The van der Waals surface area contributed by atoms with Crippen molar-refractivity contribution in [3.05, 3.63) is 23.8 Å². The summed E-state index contributed by atoms with van der Waals surface area (Å²) in [6.45, 7) is 11.7. The van der Waals surface area contributed by atoms with Crippen molar-refractivity contribution in [2.75, 3.05) is 25.0 Å². The molecule has 1 aromatic carbocycles. The van der Waals surface area contributed by atoms with Crippen LogP contribution in [0.3, 0.4) is 0 Å². The second kappa shape index (κ2) is 10.6. The van der Waals surface area contributed by atoms with Gasteiger partial charge in [0, 0.05) is 31.7 Å². The predicted octanol–water partition coefficient (Wildman–Crippen LogP) is 3.27. The Bertz CT molecular complexity index is 812. The molecule has 0 aliphatic rings. The van der Waals surface area contributed by atoms with E-state index in [4.69, 9.17) is 4.74 Å². The van der Waals surface area contributed by atoms with Gasteiger partial charge in [-0.25, -0.2) is 13.2 Å². The van der Waals surface area contributed by atoms with Crippen LogP contribution in [-0.2, 0) is 19.6 Å². The van der Waals surface area contributed by atoms with Crippen molar-refractivity contribution in [3.8, 4) is 0 Å². The molecule has 0 atom stereocenters. The van der Waals surface area contributed by atoms with Gasteiger partial charge in [-0.05, 0) is 51.8 Å². The van der Waals surface area contributed by atoms with Gasteiger partial charge in [-0.2, -0.15) is 4.31 Å². The standard InChI is InChI=1S/C20H33N3O5S/c1-7-23(8-2)29(26,27)17-14-16(12-11-15(17)3)22-18(24)10-9-13-21-19(25)28-20(4,5)6/h11-12,14H,7-10,13H2,1-6H3,(H,21,25)(H,22,24). The zero-order valence-electron chi connectivity index (χ0n) is 18.2. The maximum Gasteiger partial charge on any atom is 0.407 e. The van der Waals surface area contributed by atoms with Crippen molar-refractivity contribution in [3.63, 3.8) is 0 Å². The summed E-state index contributed by atoms with van der Waals surface area (Å²) in [4.78, 5) is 23.9. The van der Waals surface area contributed by atoms with Gasteiger partial charge in [0.1, 0.15) is 5.60 Å². The molecule has 164 valence electrons. The first kappa shape index (κ1) is 24.9. The van der Waals surface area contributed by atoms with Crippen LogP contribution in [0.15, 0.2) is 23.1 Å².